The van der Waals surface area contributed by atoms with E-state index in [0.717, 1.165) is 30.7 Å². The molecule has 2 aromatic heterocycles. The van der Waals surface area contributed by atoms with Gasteiger partial charge in [0, 0.05) is 35.6 Å². The minimum atomic E-state index is -0.770. The fourth-order valence-corrected chi connectivity index (χ4v) is 5.86. The van der Waals surface area contributed by atoms with Gasteiger partial charge in [-0.1, -0.05) is 6.07 Å². The number of primary amides is 1. The number of methoxy groups -OCH3 is 1. The lowest BCUT2D eigenvalue weighted by atomic mass is 10.1. The zero-order valence-corrected chi connectivity index (χ0v) is 23.9. The number of benzene rings is 1. The van der Waals surface area contributed by atoms with E-state index in [1.807, 2.05) is 12.1 Å². The fourth-order valence-electron chi connectivity index (χ4n) is 4.93. The second-order valence-corrected chi connectivity index (χ2v) is 11.5. The predicted octanol–water partition coefficient (Wildman–Crippen LogP) is 2.94. The van der Waals surface area contributed by atoms with Crippen molar-refractivity contribution in [1.29, 1.82) is 0 Å². The molecule has 3 heterocycles. The van der Waals surface area contributed by atoms with Crippen LogP contribution < -0.4 is 26.4 Å². The van der Waals surface area contributed by atoms with Crippen LogP contribution in [0.4, 0.5) is 17.2 Å². The Morgan fingerprint density at radius 2 is 2.00 bits per heavy atom. The molecule has 12 nitrogen and oxygen atoms in total. The lowest BCUT2D eigenvalue weighted by Gasteiger charge is -2.19. The molecule has 216 valence electrons. The van der Waals surface area contributed by atoms with Crippen LogP contribution in [-0.4, -0.2) is 71.1 Å². The van der Waals surface area contributed by atoms with Gasteiger partial charge in [0.15, 0.2) is 17.3 Å². The smallest absolute Gasteiger partial charge is 0.271 e. The van der Waals surface area contributed by atoms with Crippen molar-refractivity contribution in [3.8, 4) is 16.3 Å². The molecular formula is C28H34N8O4S. The van der Waals surface area contributed by atoms with Crippen LogP contribution in [0, 0.1) is 5.92 Å². The molecule has 2 fully saturated rings. The number of hydrogen-bond acceptors (Lipinski definition) is 10. The van der Waals surface area contributed by atoms with E-state index in [0.29, 0.717) is 34.6 Å². The number of carbonyl (C=O) groups is 3. The van der Waals surface area contributed by atoms with E-state index >= 15 is 0 Å². The van der Waals surface area contributed by atoms with Gasteiger partial charge in [-0.25, -0.2) is 4.98 Å². The van der Waals surface area contributed by atoms with Crippen LogP contribution in [0.2, 0.25) is 0 Å². The molecule has 5 rings (SSSR count). The number of nitrogens with zero attached hydrogens (tertiary/aromatic N) is 4. The van der Waals surface area contributed by atoms with E-state index in [2.05, 4.69) is 43.1 Å². The first-order valence-electron chi connectivity index (χ1n) is 13.7. The third-order valence-electron chi connectivity index (χ3n) is 7.31. The Bertz CT molecular complexity index is 1440. The van der Waals surface area contributed by atoms with Gasteiger partial charge < -0.3 is 31.3 Å². The van der Waals surface area contributed by atoms with Crippen LogP contribution in [0.25, 0.3) is 10.6 Å². The minimum Gasteiger partial charge on any atom is -0.494 e. The third kappa shape index (κ3) is 6.98. The zero-order valence-electron chi connectivity index (χ0n) is 23.1. The number of rotatable bonds is 12. The summed E-state index contributed by atoms with van der Waals surface area (Å²) in [5.74, 6) is -0.262. The highest BCUT2D eigenvalue weighted by molar-refractivity contribution is 7.15. The van der Waals surface area contributed by atoms with Gasteiger partial charge in [0.2, 0.25) is 11.8 Å². The highest BCUT2D eigenvalue weighted by Crippen LogP contribution is 2.40. The number of aromatic nitrogens is 3. The largest absolute Gasteiger partial charge is 0.494 e. The maximum atomic E-state index is 12.6. The second kappa shape index (κ2) is 12.6. The van der Waals surface area contributed by atoms with Crippen molar-refractivity contribution in [2.45, 2.75) is 44.6 Å². The minimum absolute atomic E-state index is 0.0194. The molecule has 1 aliphatic carbocycles. The molecule has 0 spiro atoms. The highest BCUT2D eigenvalue weighted by Gasteiger charge is 2.30. The average Bonchev–Trinajstić information content (AvgIpc) is 3.58. The number of hydrogen-bond donors (Lipinski definition) is 4. The lowest BCUT2D eigenvalue weighted by Crippen LogP contribution is -2.32. The number of carbonyl (C=O) groups excluding carboxylic acids is 3. The van der Waals surface area contributed by atoms with Gasteiger partial charge in [0.25, 0.3) is 5.91 Å². The summed E-state index contributed by atoms with van der Waals surface area (Å²) >= 11 is 1.41. The molecule has 3 aromatic rings. The van der Waals surface area contributed by atoms with Gasteiger partial charge >= 0.3 is 0 Å². The highest BCUT2D eigenvalue weighted by atomic mass is 32.1. The molecular weight excluding hydrogens is 544 g/mol. The van der Waals surface area contributed by atoms with Gasteiger partial charge in [-0.3, -0.25) is 14.4 Å². The van der Waals surface area contributed by atoms with Crippen molar-refractivity contribution in [3.63, 3.8) is 0 Å². The number of nitrogens with one attached hydrogen (secondary N) is 3. The van der Waals surface area contributed by atoms with Crippen molar-refractivity contribution in [3.05, 3.63) is 41.0 Å². The van der Waals surface area contributed by atoms with Gasteiger partial charge in [-0.05, 0) is 57.8 Å². The lowest BCUT2D eigenvalue weighted by molar-refractivity contribution is -0.120. The van der Waals surface area contributed by atoms with E-state index < -0.39 is 5.91 Å². The number of ether oxygens (including phenoxy) is 1. The molecule has 1 saturated carbocycles. The van der Waals surface area contributed by atoms with E-state index in [1.54, 1.807) is 12.3 Å². The Morgan fingerprint density at radius 3 is 2.71 bits per heavy atom. The van der Waals surface area contributed by atoms with Crippen LogP contribution in [0.5, 0.6) is 5.75 Å². The molecule has 1 aromatic carbocycles. The molecule has 0 bridgehead atoms. The molecule has 1 atom stereocenters. The fraction of sp³-hybridized carbons (Fsp3) is 0.429. The standard InChI is InChI=1S/C28H34N8O4S/c1-36-12-4-5-17(36)10-11-30-23(37)13-18-15-31-28(41-18)19-6-3-7-20(25(19)40-2)32-21-14-22(33-27(39)16-8-9-16)34-35-24(21)26(29)38/h3,6-7,14-17H,4-5,8-13H2,1-2H3,(H2,29,38)(H,30,37)(H2,32,33,34,39). The molecule has 1 unspecified atom stereocenters. The summed E-state index contributed by atoms with van der Waals surface area (Å²) in [5, 5.41) is 17.5. The molecule has 3 amide bonds. The molecule has 1 saturated heterocycles. The van der Waals surface area contributed by atoms with Crippen molar-refractivity contribution in [2.75, 3.05) is 37.9 Å². The average molecular weight is 579 g/mol. The Labute approximate surface area is 242 Å². The van der Waals surface area contributed by atoms with Crippen LogP contribution in [0.15, 0.2) is 30.5 Å². The maximum absolute atomic E-state index is 12.6. The first-order valence-corrected chi connectivity index (χ1v) is 14.5. The SMILES string of the molecule is COc1c(Nc2cc(NC(=O)C3CC3)nnc2C(N)=O)cccc1-c1ncc(CC(=O)NCCC2CCCN2C)s1. The van der Waals surface area contributed by atoms with Crippen LogP contribution >= 0.6 is 11.3 Å². The number of nitrogens with two attached hydrogens (primary N) is 1. The quantitative estimate of drug-likeness (QED) is 0.253. The number of para-hydroxylation sites is 1. The third-order valence-corrected chi connectivity index (χ3v) is 8.34. The van der Waals surface area contributed by atoms with Crippen molar-refractivity contribution >= 4 is 46.3 Å². The number of likely N-dealkylation sites (tertiary alicyclic amines) is 1. The molecule has 13 heteroatoms. The Kier molecular flexibility index (Phi) is 8.74. The van der Waals surface area contributed by atoms with Crippen molar-refractivity contribution < 1.29 is 19.1 Å². The van der Waals surface area contributed by atoms with Gasteiger partial charge in [0.05, 0.1) is 30.5 Å². The normalized spacial score (nSPS) is 16.8. The summed E-state index contributed by atoms with van der Waals surface area (Å²) in [5.41, 5.74) is 6.97. The predicted molar refractivity (Wildman–Crippen MR) is 156 cm³/mol. The van der Waals surface area contributed by atoms with Gasteiger partial charge in [0.1, 0.15) is 5.01 Å². The number of amides is 3. The van der Waals surface area contributed by atoms with Gasteiger partial charge in [-0.15, -0.1) is 21.5 Å². The van der Waals surface area contributed by atoms with Crippen LogP contribution in [0.3, 0.4) is 0 Å². The summed E-state index contributed by atoms with van der Waals surface area (Å²) in [6.45, 7) is 1.78. The number of anilines is 3. The summed E-state index contributed by atoms with van der Waals surface area (Å²) in [7, 11) is 3.67. The summed E-state index contributed by atoms with van der Waals surface area (Å²) in [6.07, 6.45) is 6.98. The first-order chi connectivity index (χ1) is 19.8. The summed E-state index contributed by atoms with van der Waals surface area (Å²) < 4.78 is 5.74. The number of thiazole rings is 1. The van der Waals surface area contributed by atoms with Gasteiger partial charge in [-0.2, -0.15) is 0 Å². The molecule has 5 N–H and O–H groups in total. The summed E-state index contributed by atoms with van der Waals surface area (Å²) in [4.78, 5) is 44.6. The van der Waals surface area contributed by atoms with E-state index in [-0.39, 0.29) is 41.4 Å². The Hall–Kier alpha value is -4.10. The van der Waals surface area contributed by atoms with Crippen molar-refractivity contribution in [1.82, 2.24) is 25.4 Å². The van der Waals surface area contributed by atoms with Crippen LogP contribution in [-0.2, 0) is 16.0 Å². The molecule has 41 heavy (non-hydrogen) atoms. The second-order valence-electron chi connectivity index (χ2n) is 10.4. The first kappa shape index (κ1) is 28.4. The molecule has 1 aliphatic heterocycles. The van der Waals surface area contributed by atoms with Crippen LogP contribution in [0.1, 0.15) is 47.5 Å². The maximum Gasteiger partial charge on any atom is 0.271 e. The van der Waals surface area contributed by atoms with E-state index in [9.17, 15) is 14.4 Å². The Morgan fingerprint density at radius 1 is 1.17 bits per heavy atom. The van der Waals surface area contributed by atoms with E-state index in [1.165, 1.54) is 37.4 Å². The van der Waals surface area contributed by atoms with Crippen molar-refractivity contribution in [2.24, 2.45) is 11.7 Å². The molecule has 2 aliphatic rings. The topological polar surface area (TPSA) is 164 Å². The molecule has 0 radical (unpaired) electrons. The zero-order chi connectivity index (χ0) is 28.9. The van der Waals surface area contributed by atoms with E-state index in [4.69, 9.17) is 10.5 Å². The monoisotopic (exact) mass is 578 g/mol. The Balaban J connectivity index is 1.29. The summed E-state index contributed by atoms with van der Waals surface area (Å²) in [6, 6.07) is 7.52.